The fraction of sp³-hybridized carbons (Fsp3) is 0.733. The van der Waals surface area contributed by atoms with Gasteiger partial charge in [0.1, 0.15) is 17.0 Å². The third-order valence-corrected chi connectivity index (χ3v) is 3.78. The van der Waals surface area contributed by atoms with Crippen LogP contribution in [-0.4, -0.2) is 11.6 Å². The van der Waals surface area contributed by atoms with Crippen LogP contribution >= 0.6 is 0 Å². The number of carbonyl (C=O) groups is 2. The number of rotatable bonds is 8. The summed E-state index contributed by atoms with van der Waals surface area (Å²) in [6.07, 6.45) is 10.1. The van der Waals surface area contributed by atoms with Gasteiger partial charge in [-0.25, -0.2) is 0 Å². The van der Waals surface area contributed by atoms with Crippen LogP contribution < -0.4 is 0 Å². The zero-order valence-electron chi connectivity index (χ0n) is 11.3. The number of unbranched alkanes of at least 4 members (excludes halogenated alkanes) is 5. The molecule has 0 unspecified atom stereocenters. The van der Waals surface area contributed by atoms with Crippen molar-refractivity contribution in [3.63, 3.8) is 0 Å². The monoisotopic (exact) mass is 236 g/mol. The van der Waals surface area contributed by atoms with E-state index in [9.17, 15) is 9.59 Å². The predicted octanol–water partition coefficient (Wildman–Crippen LogP) is 3.84. The average molecular weight is 236 g/mol. The molecular weight excluding hydrogens is 212 g/mol. The van der Waals surface area contributed by atoms with Gasteiger partial charge in [-0.2, -0.15) is 0 Å². The lowest BCUT2D eigenvalue weighted by Crippen LogP contribution is -2.21. The molecular formula is C15H24O2. The number of hydrogen-bond donors (Lipinski definition) is 0. The summed E-state index contributed by atoms with van der Waals surface area (Å²) in [6.45, 7) is 5.27. The third kappa shape index (κ3) is 3.27. The molecule has 0 aliphatic heterocycles. The minimum Gasteiger partial charge on any atom is -0.299 e. The minimum atomic E-state index is -0.705. The Labute approximate surface area is 104 Å². The van der Waals surface area contributed by atoms with E-state index >= 15 is 0 Å². The van der Waals surface area contributed by atoms with Gasteiger partial charge in [0.15, 0.2) is 0 Å². The Balaban J connectivity index is 2.34. The molecule has 0 N–H and O–H groups in total. The van der Waals surface area contributed by atoms with E-state index in [0.29, 0.717) is 6.42 Å². The van der Waals surface area contributed by atoms with Crippen molar-refractivity contribution in [2.75, 3.05) is 0 Å². The van der Waals surface area contributed by atoms with Gasteiger partial charge in [0.05, 0.1) is 0 Å². The number of hydrogen-bond acceptors (Lipinski definition) is 2. The van der Waals surface area contributed by atoms with Crippen molar-refractivity contribution in [2.45, 2.75) is 65.7 Å². The van der Waals surface area contributed by atoms with Gasteiger partial charge in [0.25, 0.3) is 0 Å². The number of Topliss-reactive ketones (excluding diaryl/α,β-unsaturated/α-hetero) is 2. The molecule has 0 aromatic carbocycles. The molecule has 0 aromatic rings. The first-order chi connectivity index (χ1) is 8.05. The maximum Gasteiger partial charge on any atom is 0.147 e. The van der Waals surface area contributed by atoms with Crippen LogP contribution in [0.15, 0.2) is 11.6 Å². The van der Waals surface area contributed by atoms with Gasteiger partial charge in [0, 0.05) is 0 Å². The van der Waals surface area contributed by atoms with Crippen LogP contribution in [0.4, 0.5) is 0 Å². The Hall–Kier alpha value is -0.920. The fourth-order valence-electron chi connectivity index (χ4n) is 2.46. The molecule has 1 saturated carbocycles. The molecule has 0 saturated heterocycles. The van der Waals surface area contributed by atoms with Crippen molar-refractivity contribution in [3.8, 4) is 0 Å². The molecule has 2 heteroatoms. The summed E-state index contributed by atoms with van der Waals surface area (Å²) >= 11 is 0. The summed E-state index contributed by atoms with van der Waals surface area (Å²) in [7, 11) is 0. The lowest BCUT2D eigenvalue weighted by molar-refractivity contribution is -0.131. The van der Waals surface area contributed by atoms with Crippen molar-refractivity contribution in [3.05, 3.63) is 11.6 Å². The molecule has 0 amide bonds. The van der Waals surface area contributed by atoms with E-state index in [2.05, 4.69) is 13.0 Å². The Kier molecular flexibility index (Phi) is 5.10. The van der Waals surface area contributed by atoms with E-state index < -0.39 is 5.41 Å². The molecule has 0 radical (unpaired) electrons. The summed E-state index contributed by atoms with van der Waals surface area (Å²) in [6, 6.07) is 0. The van der Waals surface area contributed by atoms with E-state index in [1.54, 1.807) is 0 Å². The standard InChI is InChI=1S/C15H24O2/c1-4-5-6-7-8-9-10-14-11-15(14,12(2)16)13(3)17/h10H,4-9,11H2,1-3H3/b14-10+. The zero-order chi connectivity index (χ0) is 12.9. The topological polar surface area (TPSA) is 34.1 Å². The van der Waals surface area contributed by atoms with Crippen molar-refractivity contribution >= 4 is 11.6 Å². The van der Waals surface area contributed by atoms with Crippen LogP contribution in [0.5, 0.6) is 0 Å². The summed E-state index contributed by atoms with van der Waals surface area (Å²) in [4.78, 5) is 23.0. The van der Waals surface area contributed by atoms with Gasteiger partial charge in [-0.1, -0.05) is 44.3 Å². The van der Waals surface area contributed by atoms with Crippen LogP contribution in [0, 0.1) is 5.41 Å². The summed E-state index contributed by atoms with van der Waals surface area (Å²) < 4.78 is 0. The van der Waals surface area contributed by atoms with E-state index in [1.807, 2.05) is 0 Å². The molecule has 96 valence electrons. The zero-order valence-corrected chi connectivity index (χ0v) is 11.3. The Morgan fingerprint density at radius 3 is 2.18 bits per heavy atom. The van der Waals surface area contributed by atoms with Crippen molar-refractivity contribution in [1.29, 1.82) is 0 Å². The maximum atomic E-state index is 11.5. The van der Waals surface area contributed by atoms with Crippen LogP contribution in [0.2, 0.25) is 0 Å². The van der Waals surface area contributed by atoms with Crippen LogP contribution in [-0.2, 0) is 9.59 Å². The number of carbonyl (C=O) groups excluding carboxylic acids is 2. The largest absolute Gasteiger partial charge is 0.299 e. The molecule has 0 bridgehead atoms. The van der Waals surface area contributed by atoms with Crippen molar-refractivity contribution in [2.24, 2.45) is 5.41 Å². The number of allylic oxidation sites excluding steroid dienone is 2. The van der Waals surface area contributed by atoms with E-state index in [1.165, 1.54) is 46.0 Å². The number of ketones is 2. The summed E-state index contributed by atoms with van der Waals surface area (Å²) in [5, 5.41) is 0. The van der Waals surface area contributed by atoms with Crippen LogP contribution in [0.25, 0.3) is 0 Å². The Bertz CT molecular complexity index is 312. The molecule has 0 heterocycles. The minimum absolute atomic E-state index is 0.0160. The Morgan fingerprint density at radius 1 is 1.12 bits per heavy atom. The highest BCUT2D eigenvalue weighted by Gasteiger charge is 2.56. The lowest BCUT2D eigenvalue weighted by atomic mass is 9.96. The predicted molar refractivity (Wildman–Crippen MR) is 69.9 cm³/mol. The van der Waals surface area contributed by atoms with E-state index in [-0.39, 0.29) is 11.6 Å². The second-order valence-corrected chi connectivity index (χ2v) is 5.13. The lowest BCUT2D eigenvalue weighted by Gasteiger charge is -2.04. The summed E-state index contributed by atoms with van der Waals surface area (Å²) in [5.41, 5.74) is 0.358. The van der Waals surface area contributed by atoms with Crippen molar-refractivity contribution < 1.29 is 9.59 Å². The fourth-order valence-corrected chi connectivity index (χ4v) is 2.46. The third-order valence-electron chi connectivity index (χ3n) is 3.78. The molecule has 17 heavy (non-hydrogen) atoms. The van der Waals surface area contributed by atoms with Gasteiger partial charge in [-0.15, -0.1) is 0 Å². The molecule has 0 spiro atoms. The summed E-state index contributed by atoms with van der Waals surface area (Å²) in [5.74, 6) is 0.0319. The first kappa shape index (κ1) is 14.1. The van der Waals surface area contributed by atoms with E-state index in [0.717, 1.165) is 12.0 Å². The first-order valence-electron chi connectivity index (χ1n) is 6.77. The smallest absolute Gasteiger partial charge is 0.147 e. The normalized spacial score (nSPS) is 19.4. The van der Waals surface area contributed by atoms with Gasteiger partial charge in [0.2, 0.25) is 0 Å². The molecule has 2 nitrogen and oxygen atoms in total. The second-order valence-electron chi connectivity index (χ2n) is 5.13. The highest BCUT2D eigenvalue weighted by molar-refractivity contribution is 6.13. The van der Waals surface area contributed by atoms with Crippen LogP contribution in [0.3, 0.4) is 0 Å². The molecule has 0 aromatic heterocycles. The molecule has 0 atom stereocenters. The molecule has 1 rings (SSSR count). The van der Waals surface area contributed by atoms with Gasteiger partial charge < -0.3 is 0 Å². The van der Waals surface area contributed by atoms with E-state index in [4.69, 9.17) is 0 Å². The Morgan fingerprint density at radius 2 is 1.71 bits per heavy atom. The highest BCUT2D eigenvalue weighted by atomic mass is 16.2. The second kappa shape index (κ2) is 6.13. The van der Waals surface area contributed by atoms with Crippen molar-refractivity contribution in [1.82, 2.24) is 0 Å². The molecule has 1 fully saturated rings. The average Bonchev–Trinajstić information content (AvgIpc) is 2.99. The quantitative estimate of drug-likeness (QED) is 0.364. The first-order valence-corrected chi connectivity index (χ1v) is 6.77. The van der Waals surface area contributed by atoms with Crippen LogP contribution in [0.1, 0.15) is 65.7 Å². The maximum absolute atomic E-state index is 11.5. The SMILES string of the molecule is CCCCCCC/C=C1\CC1(C(C)=O)C(C)=O. The van der Waals surface area contributed by atoms with Gasteiger partial charge in [-0.05, 0) is 33.1 Å². The molecule has 1 aliphatic rings. The highest BCUT2D eigenvalue weighted by Crippen LogP contribution is 2.53. The molecule has 1 aliphatic carbocycles. The van der Waals surface area contributed by atoms with Gasteiger partial charge >= 0.3 is 0 Å². The van der Waals surface area contributed by atoms with Gasteiger partial charge in [-0.3, -0.25) is 9.59 Å².